The van der Waals surface area contributed by atoms with Gasteiger partial charge in [-0.1, -0.05) is 27.7 Å². The minimum atomic E-state index is 0.226. The highest BCUT2D eigenvalue weighted by atomic mass is 16.5. The van der Waals surface area contributed by atoms with Gasteiger partial charge in [0.05, 0.1) is 6.10 Å². The van der Waals surface area contributed by atoms with E-state index in [0.29, 0.717) is 12.1 Å². The summed E-state index contributed by atoms with van der Waals surface area (Å²) in [5.74, 6) is 0.849. The predicted octanol–water partition coefficient (Wildman–Crippen LogP) is 3.22. The van der Waals surface area contributed by atoms with Crippen LogP contribution in [0, 0.1) is 11.3 Å². The second-order valence-corrected chi connectivity index (χ2v) is 6.06. The molecule has 16 heavy (non-hydrogen) atoms. The Labute approximate surface area is 101 Å². The lowest BCUT2D eigenvalue weighted by atomic mass is 9.82. The van der Waals surface area contributed by atoms with Gasteiger partial charge in [0.1, 0.15) is 0 Å². The van der Waals surface area contributed by atoms with Crippen molar-refractivity contribution in [3.8, 4) is 0 Å². The summed E-state index contributed by atoms with van der Waals surface area (Å²) in [6.07, 6.45) is 4.30. The second kappa shape index (κ2) is 6.02. The van der Waals surface area contributed by atoms with E-state index < -0.39 is 0 Å². The molecule has 0 bridgehead atoms. The smallest absolute Gasteiger partial charge is 0.0778 e. The third-order valence-electron chi connectivity index (χ3n) is 3.29. The first-order valence-electron chi connectivity index (χ1n) is 6.85. The maximum Gasteiger partial charge on any atom is 0.0778 e. The van der Waals surface area contributed by atoms with Crippen molar-refractivity contribution < 1.29 is 4.74 Å². The normalized spacial score (nSPS) is 20.8. The molecule has 1 N–H and O–H groups in total. The molecule has 0 spiro atoms. The summed E-state index contributed by atoms with van der Waals surface area (Å²) in [5.41, 5.74) is 0.226. The summed E-state index contributed by atoms with van der Waals surface area (Å²) >= 11 is 0. The fourth-order valence-corrected chi connectivity index (χ4v) is 2.36. The van der Waals surface area contributed by atoms with Gasteiger partial charge in [-0.05, 0) is 44.1 Å². The summed E-state index contributed by atoms with van der Waals surface area (Å²) in [5, 5.41) is 3.70. The predicted molar refractivity (Wildman–Crippen MR) is 69.7 cm³/mol. The van der Waals surface area contributed by atoms with Crippen LogP contribution < -0.4 is 5.32 Å². The zero-order valence-electron chi connectivity index (χ0n) is 11.7. The maximum atomic E-state index is 6.00. The molecule has 0 aromatic rings. The Balaban J connectivity index is 2.62. The zero-order chi connectivity index (χ0) is 12.2. The molecule has 2 unspecified atom stereocenters. The highest BCUT2D eigenvalue weighted by Gasteiger charge is 2.41. The fraction of sp³-hybridized carbons (Fsp3) is 1.00. The fourth-order valence-electron chi connectivity index (χ4n) is 2.36. The quantitative estimate of drug-likeness (QED) is 0.721. The van der Waals surface area contributed by atoms with Crippen molar-refractivity contribution in [2.75, 3.05) is 13.2 Å². The van der Waals surface area contributed by atoms with E-state index in [2.05, 4.69) is 39.9 Å². The lowest BCUT2D eigenvalue weighted by molar-refractivity contribution is -0.0404. The van der Waals surface area contributed by atoms with E-state index in [1.54, 1.807) is 0 Å². The second-order valence-electron chi connectivity index (χ2n) is 6.06. The van der Waals surface area contributed by atoms with Crippen molar-refractivity contribution >= 4 is 0 Å². The van der Waals surface area contributed by atoms with Crippen molar-refractivity contribution in [1.29, 1.82) is 0 Å². The Kier molecular flexibility index (Phi) is 5.26. The molecule has 1 aliphatic carbocycles. The Morgan fingerprint density at radius 3 is 2.25 bits per heavy atom. The molecule has 0 aliphatic heterocycles. The molecule has 0 amide bonds. The molecule has 1 aliphatic rings. The average Bonchev–Trinajstić information content (AvgIpc) is 2.99. The summed E-state index contributed by atoms with van der Waals surface area (Å²) < 4.78 is 6.00. The van der Waals surface area contributed by atoms with Gasteiger partial charge in [0.15, 0.2) is 0 Å². The molecule has 2 nitrogen and oxygen atoms in total. The van der Waals surface area contributed by atoms with Gasteiger partial charge in [-0.15, -0.1) is 0 Å². The first-order valence-corrected chi connectivity index (χ1v) is 6.85. The lowest BCUT2D eigenvalue weighted by Gasteiger charge is -2.37. The van der Waals surface area contributed by atoms with E-state index >= 15 is 0 Å². The van der Waals surface area contributed by atoms with Crippen LogP contribution in [0.25, 0.3) is 0 Å². The number of hydrogen-bond donors (Lipinski definition) is 1. The van der Waals surface area contributed by atoms with E-state index in [0.717, 1.165) is 19.1 Å². The van der Waals surface area contributed by atoms with Crippen molar-refractivity contribution in [1.82, 2.24) is 5.32 Å². The molecule has 1 rings (SSSR count). The van der Waals surface area contributed by atoms with Gasteiger partial charge in [-0.2, -0.15) is 0 Å². The van der Waals surface area contributed by atoms with E-state index in [1.807, 2.05) is 0 Å². The number of nitrogens with one attached hydrogen (secondary N) is 1. The largest absolute Gasteiger partial charge is 0.376 e. The van der Waals surface area contributed by atoms with Crippen LogP contribution in [0.2, 0.25) is 0 Å². The number of hydrogen-bond acceptors (Lipinski definition) is 2. The average molecular weight is 227 g/mol. The Bertz CT molecular complexity index is 193. The van der Waals surface area contributed by atoms with Crippen LogP contribution in [-0.2, 0) is 4.74 Å². The molecule has 96 valence electrons. The summed E-state index contributed by atoms with van der Waals surface area (Å²) in [6.45, 7) is 13.1. The highest BCUT2D eigenvalue weighted by Crippen LogP contribution is 2.39. The van der Waals surface area contributed by atoms with Crippen LogP contribution >= 0.6 is 0 Å². The Morgan fingerprint density at radius 1 is 1.25 bits per heavy atom. The van der Waals surface area contributed by atoms with Crippen LogP contribution in [0.1, 0.15) is 53.9 Å². The van der Waals surface area contributed by atoms with Crippen molar-refractivity contribution in [2.24, 2.45) is 11.3 Å². The van der Waals surface area contributed by atoms with Gasteiger partial charge in [0.2, 0.25) is 0 Å². The number of ether oxygens (including phenoxy) is 1. The van der Waals surface area contributed by atoms with E-state index in [-0.39, 0.29) is 5.41 Å². The molecular formula is C14H29NO. The third-order valence-corrected chi connectivity index (χ3v) is 3.29. The highest BCUT2D eigenvalue weighted by molar-refractivity contribution is 4.96. The summed E-state index contributed by atoms with van der Waals surface area (Å²) in [6, 6.07) is 0.555. The van der Waals surface area contributed by atoms with Crippen molar-refractivity contribution in [2.45, 2.75) is 66.0 Å². The summed E-state index contributed by atoms with van der Waals surface area (Å²) in [7, 11) is 0. The molecule has 0 aromatic carbocycles. The molecule has 0 saturated heterocycles. The minimum absolute atomic E-state index is 0.226. The summed E-state index contributed by atoms with van der Waals surface area (Å²) in [4.78, 5) is 0. The Morgan fingerprint density at radius 2 is 1.88 bits per heavy atom. The molecule has 0 heterocycles. The van der Waals surface area contributed by atoms with Crippen molar-refractivity contribution in [3.63, 3.8) is 0 Å². The zero-order valence-corrected chi connectivity index (χ0v) is 11.7. The van der Waals surface area contributed by atoms with Crippen molar-refractivity contribution in [3.05, 3.63) is 0 Å². The molecule has 2 heteroatoms. The molecule has 1 fully saturated rings. The maximum absolute atomic E-state index is 6.00. The van der Waals surface area contributed by atoms with Gasteiger partial charge < -0.3 is 10.1 Å². The van der Waals surface area contributed by atoms with Crippen LogP contribution in [0.4, 0.5) is 0 Å². The van der Waals surface area contributed by atoms with Crippen LogP contribution in [-0.4, -0.2) is 25.3 Å². The standard InChI is InChI=1S/C14H29NO/c1-6-10-15-12(11-8-9-11)13(16-7-2)14(3,4)5/h11-13,15H,6-10H2,1-5H3. The van der Waals surface area contributed by atoms with Gasteiger partial charge in [0.25, 0.3) is 0 Å². The first kappa shape index (κ1) is 14.0. The van der Waals surface area contributed by atoms with Crippen LogP contribution in [0.5, 0.6) is 0 Å². The molecule has 0 aromatic heterocycles. The molecular weight excluding hydrogens is 198 g/mol. The van der Waals surface area contributed by atoms with Gasteiger partial charge in [0, 0.05) is 12.6 Å². The van der Waals surface area contributed by atoms with Crippen LogP contribution in [0.3, 0.4) is 0 Å². The van der Waals surface area contributed by atoms with Gasteiger partial charge in [-0.25, -0.2) is 0 Å². The van der Waals surface area contributed by atoms with E-state index in [9.17, 15) is 0 Å². The van der Waals surface area contributed by atoms with Gasteiger partial charge in [-0.3, -0.25) is 0 Å². The van der Waals surface area contributed by atoms with Gasteiger partial charge >= 0.3 is 0 Å². The minimum Gasteiger partial charge on any atom is -0.376 e. The third kappa shape index (κ3) is 4.06. The number of rotatable bonds is 7. The Hall–Kier alpha value is -0.0800. The first-order chi connectivity index (χ1) is 7.50. The van der Waals surface area contributed by atoms with Crippen LogP contribution in [0.15, 0.2) is 0 Å². The SMILES string of the molecule is CCCNC(C1CC1)C(OCC)C(C)(C)C. The molecule has 1 saturated carbocycles. The van der Waals surface area contributed by atoms with E-state index in [4.69, 9.17) is 4.74 Å². The topological polar surface area (TPSA) is 21.3 Å². The monoisotopic (exact) mass is 227 g/mol. The molecule has 0 radical (unpaired) electrons. The van der Waals surface area contributed by atoms with E-state index in [1.165, 1.54) is 19.3 Å². The molecule has 2 atom stereocenters. The lowest BCUT2D eigenvalue weighted by Crippen LogP contribution is -2.49.